The molecule has 1 aromatic carbocycles. The summed E-state index contributed by atoms with van der Waals surface area (Å²) in [5.74, 6) is -0.377. The molecule has 0 bridgehead atoms. The number of rotatable bonds is 4. The summed E-state index contributed by atoms with van der Waals surface area (Å²) >= 11 is 0. The zero-order valence-electron chi connectivity index (χ0n) is 11.5. The third-order valence-corrected chi connectivity index (χ3v) is 3.42. The van der Waals surface area contributed by atoms with Crippen LogP contribution in [0.25, 0.3) is 0 Å². The average Bonchev–Trinajstić information content (AvgIpc) is 2.44. The van der Waals surface area contributed by atoms with Gasteiger partial charge in [-0.25, -0.2) is 4.39 Å². The van der Waals surface area contributed by atoms with Gasteiger partial charge in [-0.2, -0.15) is 0 Å². The number of likely N-dealkylation sites (N-methyl/N-ethyl adjacent to an activating group) is 1. The second-order valence-electron chi connectivity index (χ2n) is 4.86. The first kappa shape index (κ1) is 14.7. The number of nitrogens with one attached hydrogen (secondary N) is 2. The number of halogens is 1. The number of piperazine rings is 1. The van der Waals surface area contributed by atoms with Gasteiger partial charge in [0, 0.05) is 38.3 Å². The van der Waals surface area contributed by atoms with Gasteiger partial charge in [-0.15, -0.1) is 0 Å². The normalized spacial score (nSPS) is 19.8. The summed E-state index contributed by atoms with van der Waals surface area (Å²) in [7, 11) is 0. The van der Waals surface area contributed by atoms with Gasteiger partial charge in [0.1, 0.15) is 17.6 Å². The topological polar surface area (TPSA) is 64.6 Å². The van der Waals surface area contributed by atoms with E-state index in [-0.39, 0.29) is 23.5 Å². The number of benzene rings is 1. The van der Waals surface area contributed by atoms with Gasteiger partial charge in [0.15, 0.2) is 0 Å². The van der Waals surface area contributed by atoms with Crippen molar-refractivity contribution in [1.29, 1.82) is 0 Å². The van der Waals surface area contributed by atoms with Crippen LogP contribution in [0.15, 0.2) is 18.2 Å². The molecule has 0 aliphatic carbocycles. The fourth-order valence-corrected chi connectivity index (χ4v) is 2.39. The molecular formula is C14H20FN3O2. The maximum Gasteiger partial charge on any atom is 0.238 e. The van der Waals surface area contributed by atoms with Crippen molar-refractivity contribution in [2.75, 3.05) is 26.2 Å². The number of carbonyl (C=O) groups excluding carboxylic acids is 1. The number of amides is 1. The van der Waals surface area contributed by atoms with Crippen molar-refractivity contribution in [1.82, 2.24) is 15.5 Å². The van der Waals surface area contributed by atoms with Crippen LogP contribution in [-0.2, 0) is 11.3 Å². The zero-order valence-corrected chi connectivity index (χ0v) is 11.5. The van der Waals surface area contributed by atoms with Crippen LogP contribution in [0.3, 0.4) is 0 Å². The van der Waals surface area contributed by atoms with E-state index in [0.29, 0.717) is 31.7 Å². The van der Waals surface area contributed by atoms with E-state index in [9.17, 15) is 14.3 Å². The molecule has 1 saturated heterocycles. The number of phenols is 1. The quantitative estimate of drug-likeness (QED) is 0.749. The standard InChI is InChI=1S/C14H20FN3O2/c1-2-17-14(20)12-8-16-5-6-18(12)9-10-7-11(15)3-4-13(10)19/h3-4,7,12,16,19H,2,5-6,8-9H2,1H3,(H,17,20). The lowest BCUT2D eigenvalue weighted by molar-refractivity contribution is -0.127. The van der Waals surface area contributed by atoms with Gasteiger partial charge in [0.2, 0.25) is 5.91 Å². The molecule has 6 heteroatoms. The second kappa shape index (κ2) is 6.67. The highest BCUT2D eigenvalue weighted by molar-refractivity contribution is 5.82. The van der Waals surface area contributed by atoms with Crippen LogP contribution >= 0.6 is 0 Å². The molecule has 0 spiro atoms. The summed E-state index contributed by atoms with van der Waals surface area (Å²) in [5.41, 5.74) is 0.501. The molecule has 1 unspecified atom stereocenters. The third kappa shape index (κ3) is 3.46. The first-order chi connectivity index (χ1) is 9.61. The average molecular weight is 281 g/mol. The summed E-state index contributed by atoms with van der Waals surface area (Å²) in [5, 5.41) is 15.8. The largest absolute Gasteiger partial charge is 0.508 e. The highest BCUT2D eigenvalue weighted by Crippen LogP contribution is 2.21. The Hall–Kier alpha value is -1.66. The molecule has 20 heavy (non-hydrogen) atoms. The van der Waals surface area contributed by atoms with Crippen molar-refractivity contribution >= 4 is 5.91 Å². The summed E-state index contributed by atoms with van der Waals surface area (Å²) in [6, 6.07) is 3.57. The molecule has 1 aromatic rings. The highest BCUT2D eigenvalue weighted by Gasteiger charge is 2.28. The SMILES string of the molecule is CCNC(=O)C1CNCCN1Cc1cc(F)ccc1O. The van der Waals surface area contributed by atoms with Crippen molar-refractivity contribution in [2.45, 2.75) is 19.5 Å². The van der Waals surface area contributed by atoms with Gasteiger partial charge in [0.05, 0.1) is 0 Å². The molecule has 2 rings (SSSR count). The smallest absolute Gasteiger partial charge is 0.238 e. The van der Waals surface area contributed by atoms with E-state index < -0.39 is 0 Å². The lowest BCUT2D eigenvalue weighted by Gasteiger charge is -2.35. The number of nitrogens with zero attached hydrogens (tertiary/aromatic N) is 1. The molecule has 1 atom stereocenters. The lowest BCUT2D eigenvalue weighted by Crippen LogP contribution is -2.57. The van der Waals surface area contributed by atoms with Crippen LogP contribution < -0.4 is 10.6 Å². The van der Waals surface area contributed by atoms with Crippen molar-refractivity contribution < 1.29 is 14.3 Å². The minimum Gasteiger partial charge on any atom is -0.508 e. The Kier molecular flexibility index (Phi) is 4.92. The fourth-order valence-electron chi connectivity index (χ4n) is 2.39. The molecule has 1 aliphatic heterocycles. The summed E-state index contributed by atoms with van der Waals surface area (Å²) in [4.78, 5) is 14.0. The van der Waals surface area contributed by atoms with Crippen molar-refractivity contribution in [2.24, 2.45) is 0 Å². The number of aromatic hydroxyl groups is 1. The Morgan fingerprint density at radius 2 is 2.40 bits per heavy atom. The molecule has 1 fully saturated rings. The molecule has 1 heterocycles. The van der Waals surface area contributed by atoms with Crippen molar-refractivity contribution in [3.63, 3.8) is 0 Å². The number of hydrogen-bond acceptors (Lipinski definition) is 4. The minimum atomic E-state index is -0.387. The van der Waals surface area contributed by atoms with Crippen LogP contribution in [0.2, 0.25) is 0 Å². The fraction of sp³-hybridized carbons (Fsp3) is 0.500. The van der Waals surface area contributed by atoms with Crippen LogP contribution in [0.1, 0.15) is 12.5 Å². The van der Waals surface area contributed by atoms with Crippen molar-refractivity contribution in [3.05, 3.63) is 29.6 Å². The predicted octanol–water partition coefficient (Wildman–Crippen LogP) is 0.441. The van der Waals surface area contributed by atoms with E-state index in [4.69, 9.17) is 0 Å². The Morgan fingerprint density at radius 3 is 3.15 bits per heavy atom. The van der Waals surface area contributed by atoms with Gasteiger partial charge in [-0.05, 0) is 25.1 Å². The molecular weight excluding hydrogens is 261 g/mol. The lowest BCUT2D eigenvalue weighted by atomic mass is 10.1. The van der Waals surface area contributed by atoms with Crippen LogP contribution in [0.4, 0.5) is 4.39 Å². The van der Waals surface area contributed by atoms with E-state index in [1.165, 1.54) is 18.2 Å². The van der Waals surface area contributed by atoms with E-state index in [0.717, 1.165) is 6.54 Å². The Labute approximate surface area is 117 Å². The van der Waals surface area contributed by atoms with Crippen molar-refractivity contribution in [3.8, 4) is 5.75 Å². The van der Waals surface area contributed by atoms with E-state index in [2.05, 4.69) is 10.6 Å². The van der Waals surface area contributed by atoms with Crippen LogP contribution in [0, 0.1) is 5.82 Å². The van der Waals surface area contributed by atoms with Gasteiger partial charge in [-0.1, -0.05) is 0 Å². The first-order valence-corrected chi connectivity index (χ1v) is 6.81. The zero-order chi connectivity index (χ0) is 14.5. The molecule has 110 valence electrons. The first-order valence-electron chi connectivity index (χ1n) is 6.81. The molecule has 3 N–H and O–H groups in total. The van der Waals surface area contributed by atoms with Gasteiger partial charge >= 0.3 is 0 Å². The van der Waals surface area contributed by atoms with Crippen LogP contribution in [-0.4, -0.2) is 48.1 Å². The second-order valence-corrected chi connectivity index (χ2v) is 4.86. The molecule has 0 aromatic heterocycles. The third-order valence-electron chi connectivity index (χ3n) is 3.42. The Morgan fingerprint density at radius 1 is 1.60 bits per heavy atom. The van der Waals surface area contributed by atoms with Gasteiger partial charge in [0.25, 0.3) is 0 Å². The number of carbonyl (C=O) groups is 1. The minimum absolute atomic E-state index is 0.0457. The molecule has 1 aliphatic rings. The summed E-state index contributed by atoms with van der Waals surface area (Å²) in [6.07, 6.45) is 0. The van der Waals surface area contributed by atoms with Gasteiger partial charge < -0.3 is 15.7 Å². The van der Waals surface area contributed by atoms with E-state index in [1.54, 1.807) is 0 Å². The monoisotopic (exact) mass is 281 g/mol. The van der Waals surface area contributed by atoms with Gasteiger partial charge in [-0.3, -0.25) is 9.69 Å². The molecule has 0 saturated carbocycles. The predicted molar refractivity (Wildman–Crippen MR) is 73.8 cm³/mol. The van der Waals surface area contributed by atoms with E-state index >= 15 is 0 Å². The summed E-state index contributed by atoms with van der Waals surface area (Å²) < 4.78 is 13.3. The highest BCUT2D eigenvalue weighted by atomic mass is 19.1. The van der Waals surface area contributed by atoms with Crippen LogP contribution in [0.5, 0.6) is 5.75 Å². The maximum absolute atomic E-state index is 13.3. The maximum atomic E-state index is 13.3. The molecule has 5 nitrogen and oxygen atoms in total. The Bertz CT molecular complexity index is 481. The van der Waals surface area contributed by atoms with E-state index in [1.807, 2.05) is 11.8 Å². The molecule has 0 radical (unpaired) electrons. The molecule has 1 amide bonds. The number of hydrogen-bond donors (Lipinski definition) is 3. The Balaban J connectivity index is 2.12. The number of phenolic OH excluding ortho intramolecular Hbond substituents is 1. The summed E-state index contributed by atoms with van der Waals surface area (Å²) in [6.45, 7) is 4.81.